The van der Waals surface area contributed by atoms with E-state index in [9.17, 15) is 14.7 Å². The standard InChI is InChI=1S/C26H22N2O4S2/c1-15-13-17-21(14-19(15)32-2)34-26(27-17)28-23(20-9-6-12-33-20)22(24(30)25(28)31)18(29)11-10-16-7-4-3-5-8-16/h3-9,12-14,23,30H,10-11H2,1-2H3. The van der Waals surface area contributed by atoms with Gasteiger partial charge >= 0.3 is 0 Å². The summed E-state index contributed by atoms with van der Waals surface area (Å²) in [5.74, 6) is -0.606. The molecule has 0 saturated carbocycles. The van der Waals surface area contributed by atoms with Gasteiger partial charge in [0.05, 0.1) is 22.9 Å². The first-order valence-corrected chi connectivity index (χ1v) is 12.5. The summed E-state index contributed by atoms with van der Waals surface area (Å²) in [4.78, 5) is 33.5. The van der Waals surface area contributed by atoms with Gasteiger partial charge in [0.25, 0.3) is 5.91 Å². The molecule has 1 atom stereocenters. The summed E-state index contributed by atoms with van der Waals surface area (Å²) in [5, 5.41) is 13.2. The number of amides is 1. The van der Waals surface area contributed by atoms with E-state index in [4.69, 9.17) is 4.74 Å². The predicted octanol–water partition coefficient (Wildman–Crippen LogP) is 5.78. The molecule has 0 spiro atoms. The van der Waals surface area contributed by atoms with Crippen molar-refractivity contribution >= 4 is 49.7 Å². The molecular formula is C26H22N2O4S2. The summed E-state index contributed by atoms with van der Waals surface area (Å²) in [5.41, 5.74) is 2.84. The number of aliphatic hydroxyl groups is 1. The number of methoxy groups -OCH3 is 1. The molecule has 0 saturated heterocycles. The first-order valence-electron chi connectivity index (χ1n) is 10.8. The van der Waals surface area contributed by atoms with Crippen molar-refractivity contribution in [1.82, 2.24) is 4.98 Å². The molecule has 5 rings (SSSR count). The molecule has 4 aromatic rings. The van der Waals surface area contributed by atoms with Crippen LogP contribution in [-0.4, -0.2) is 28.9 Å². The van der Waals surface area contributed by atoms with Crippen molar-refractivity contribution in [3.05, 3.63) is 87.3 Å². The maximum atomic E-state index is 13.3. The first-order chi connectivity index (χ1) is 16.5. The van der Waals surface area contributed by atoms with Crippen LogP contribution in [0.2, 0.25) is 0 Å². The zero-order valence-corrected chi connectivity index (χ0v) is 20.3. The summed E-state index contributed by atoms with van der Waals surface area (Å²) in [6.07, 6.45) is 0.727. The van der Waals surface area contributed by atoms with Crippen LogP contribution in [0, 0.1) is 6.92 Å². The third-order valence-corrected chi connectivity index (χ3v) is 7.85. The molecule has 0 aliphatic carbocycles. The molecule has 8 heteroatoms. The van der Waals surface area contributed by atoms with E-state index >= 15 is 0 Å². The molecule has 3 heterocycles. The van der Waals surface area contributed by atoms with E-state index < -0.39 is 17.7 Å². The Balaban J connectivity index is 1.53. The van der Waals surface area contributed by atoms with Crippen molar-refractivity contribution in [1.29, 1.82) is 0 Å². The predicted molar refractivity (Wildman–Crippen MR) is 135 cm³/mol. The second-order valence-electron chi connectivity index (χ2n) is 8.05. The number of carbonyl (C=O) groups is 2. The van der Waals surface area contributed by atoms with Crippen molar-refractivity contribution in [2.75, 3.05) is 12.0 Å². The van der Waals surface area contributed by atoms with Crippen LogP contribution in [-0.2, 0) is 16.0 Å². The van der Waals surface area contributed by atoms with Gasteiger partial charge in [0, 0.05) is 11.3 Å². The third kappa shape index (κ3) is 3.89. The Bertz CT molecular complexity index is 1410. The molecule has 1 aliphatic heterocycles. The van der Waals surface area contributed by atoms with Crippen LogP contribution in [0.3, 0.4) is 0 Å². The third-order valence-electron chi connectivity index (χ3n) is 5.90. The fourth-order valence-electron chi connectivity index (χ4n) is 4.21. The molecule has 0 bridgehead atoms. The van der Waals surface area contributed by atoms with E-state index in [1.165, 1.54) is 27.6 Å². The Morgan fingerprint density at radius 3 is 2.68 bits per heavy atom. The van der Waals surface area contributed by atoms with Gasteiger partial charge in [-0.25, -0.2) is 4.98 Å². The molecule has 6 nitrogen and oxygen atoms in total. The largest absolute Gasteiger partial charge is 0.503 e. The number of thiophene rings is 1. The van der Waals surface area contributed by atoms with Gasteiger partial charge in [-0.2, -0.15) is 0 Å². The molecule has 34 heavy (non-hydrogen) atoms. The minimum atomic E-state index is -0.709. The van der Waals surface area contributed by atoms with Crippen LogP contribution in [0.25, 0.3) is 10.2 Å². The molecule has 0 fully saturated rings. The highest BCUT2D eigenvalue weighted by atomic mass is 32.1. The zero-order chi connectivity index (χ0) is 23.8. The Hall–Kier alpha value is -3.49. The van der Waals surface area contributed by atoms with Gasteiger partial charge in [0.15, 0.2) is 16.7 Å². The van der Waals surface area contributed by atoms with E-state index in [0.29, 0.717) is 11.6 Å². The summed E-state index contributed by atoms with van der Waals surface area (Å²) in [7, 11) is 1.61. The molecule has 1 N–H and O–H groups in total. The molecule has 2 aromatic carbocycles. The maximum absolute atomic E-state index is 13.3. The lowest BCUT2D eigenvalue weighted by atomic mass is 9.97. The summed E-state index contributed by atoms with van der Waals surface area (Å²) >= 11 is 2.77. The second kappa shape index (κ2) is 9.04. The van der Waals surface area contributed by atoms with Crippen molar-refractivity contribution in [2.24, 2.45) is 0 Å². The fraction of sp³-hybridized carbons (Fsp3) is 0.192. The van der Waals surface area contributed by atoms with E-state index in [0.717, 1.165) is 32.0 Å². The number of anilines is 1. The minimum absolute atomic E-state index is 0.136. The lowest BCUT2D eigenvalue weighted by Crippen LogP contribution is -2.30. The highest BCUT2D eigenvalue weighted by Crippen LogP contribution is 2.45. The summed E-state index contributed by atoms with van der Waals surface area (Å²) in [6, 6.07) is 16.5. The number of ether oxygens (including phenoxy) is 1. The van der Waals surface area contributed by atoms with Gasteiger partial charge in [-0.1, -0.05) is 47.7 Å². The number of benzene rings is 2. The topological polar surface area (TPSA) is 79.7 Å². The van der Waals surface area contributed by atoms with Crippen LogP contribution >= 0.6 is 22.7 Å². The Morgan fingerprint density at radius 1 is 1.18 bits per heavy atom. The fourth-order valence-corrected chi connectivity index (χ4v) is 6.04. The Morgan fingerprint density at radius 2 is 1.97 bits per heavy atom. The van der Waals surface area contributed by atoms with Crippen molar-refractivity contribution in [3.63, 3.8) is 0 Å². The van der Waals surface area contributed by atoms with Crippen LogP contribution in [0.1, 0.15) is 28.5 Å². The molecule has 1 amide bonds. The number of hydrogen-bond acceptors (Lipinski definition) is 7. The van der Waals surface area contributed by atoms with E-state index in [1.807, 2.05) is 66.9 Å². The smallest absolute Gasteiger partial charge is 0.296 e. The molecule has 1 aliphatic rings. The van der Waals surface area contributed by atoms with Gasteiger partial charge < -0.3 is 9.84 Å². The number of rotatable bonds is 7. The van der Waals surface area contributed by atoms with Crippen molar-refractivity contribution in [3.8, 4) is 5.75 Å². The van der Waals surface area contributed by atoms with Crippen LogP contribution in [0.4, 0.5) is 5.13 Å². The first kappa shape index (κ1) is 22.3. The number of fused-ring (bicyclic) bond motifs is 1. The SMILES string of the molecule is COc1cc2sc(N3C(=O)C(O)=C(C(=O)CCc4ccccc4)C3c3cccs3)nc2cc1C. The van der Waals surface area contributed by atoms with Gasteiger partial charge in [-0.05, 0) is 48.1 Å². The number of carbonyl (C=O) groups excluding carboxylic acids is 2. The van der Waals surface area contributed by atoms with E-state index in [-0.39, 0.29) is 17.8 Å². The van der Waals surface area contributed by atoms with Gasteiger partial charge in [-0.3, -0.25) is 14.5 Å². The van der Waals surface area contributed by atoms with E-state index in [2.05, 4.69) is 4.98 Å². The van der Waals surface area contributed by atoms with Crippen LogP contribution in [0.15, 0.2) is 71.3 Å². The second-order valence-corrected chi connectivity index (χ2v) is 10.0. The average molecular weight is 491 g/mol. The van der Waals surface area contributed by atoms with Crippen LogP contribution < -0.4 is 9.64 Å². The van der Waals surface area contributed by atoms with E-state index in [1.54, 1.807) is 7.11 Å². The summed E-state index contributed by atoms with van der Waals surface area (Å²) < 4.78 is 6.28. The quantitative estimate of drug-likeness (QED) is 0.355. The molecule has 2 aromatic heterocycles. The number of Topliss-reactive ketones (excluding diaryl/α,β-unsaturated/α-hetero) is 1. The number of nitrogens with zero attached hydrogens (tertiary/aromatic N) is 2. The molecule has 172 valence electrons. The van der Waals surface area contributed by atoms with Crippen molar-refractivity contribution in [2.45, 2.75) is 25.8 Å². The number of aromatic nitrogens is 1. The minimum Gasteiger partial charge on any atom is -0.503 e. The highest BCUT2D eigenvalue weighted by Gasteiger charge is 2.45. The number of hydrogen-bond donors (Lipinski definition) is 1. The molecule has 1 unspecified atom stereocenters. The van der Waals surface area contributed by atoms with Gasteiger partial charge in [-0.15, -0.1) is 11.3 Å². The van der Waals surface area contributed by atoms with Crippen LogP contribution in [0.5, 0.6) is 5.75 Å². The Labute approximate surface area is 204 Å². The lowest BCUT2D eigenvalue weighted by molar-refractivity contribution is -0.118. The average Bonchev–Trinajstić information content (AvgIpc) is 3.56. The number of thiazole rings is 1. The van der Waals surface area contributed by atoms with Crippen molar-refractivity contribution < 1.29 is 19.4 Å². The van der Waals surface area contributed by atoms with Gasteiger partial charge in [0.2, 0.25) is 0 Å². The normalized spacial score (nSPS) is 16.0. The lowest BCUT2D eigenvalue weighted by Gasteiger charge is -2.23. The monoisotopic (exact) mass is 490 g/mol. The number of ketones is 1. The maximum Gasteiger partial charge on any atom is 0.296 e. The number of aliphatic hydroxyl groups excluding tert-OH is 1. The summed E-state index contributed by atoms with van der Waals surface area (Å²) in [6.45, 7) is 1.93. The Kier molecular flexibility index (Phi) is 5.93. The highest BCUT2D eigenvalue weighted by molar-refractivity contribution is 7.22. The zero-order valence-electron chi connectivity index (χ0n) is 18.6. The number of aryl methyl sites for hydroxylation is 2. The molecular weight excluding hydrogens is 468 g/mol. The molecule has 0 radical (unpaired) electrons. The van der Waals surface area contributed by atoms with Gasteiger partial charge in [0.1, 0.15) is 11.8 Å².